The molecule has 10 heteroatoms. The van der Waals surface area contributed by atoms with E-state index in [0.29, 0.717) is 30.3 Å². The summed E-state index contributed by atoms with van der Waals surface area (Å²) < 4.78 is 31.9. The monoisotopic (exact) mass is 510 g/mol. The average Bonchev–Trinajstić information content (AvgIpc) is 3.61. The first kappa shape index (κ1) is 24.9. The molecule has 1 heterocycles. The van der Waals surface area contributed by atoms with Gasteiger partial charge in [0.25, 0.3) is 5.91 Å². The minimum absolute atomic E-state index is 0.162. The fourth-order valence-electron chi connectivity index (χ4n) is 3.61. The summed E-state index contributed by atoms with van der Waals surface area (Å²) in [6, 6.07) is 19.2. The molecule has 0 spiro atoms. The van der Waals surface area contributed by atoms with Gasteiger partial charge >= 0.3 is 0 Å². The third-order valence-corrected chi connectivity index (χ3v) is 8.10. The second-order valence-electron chi connectivity index (χ2n) is 8.31. The van der Waals surface area contributed by atoms with E-state index in [1.54, 1.807) is 12.1 Å². The molecule has 0 unspecified atom stereocenters. The maximum absolute atomic E-state index is 13.0. The number of hydrogen-bond donors (Lipinski definition) is 1. The summed E-state index contributed by atoms with van der Waals surface area (Å²) in [5, 5.41) is 9.77. The van der Waals surface area contributed by atoms with Gasteiger partial charge in [-0.05, 0) is 55.0 Å². The zero-order valence-electron chi connectivity index (χ0n) is 19.3. The molecule has 0 saturated heterocycles. The van der Waals surface area contributed by atoms with Crippen molar-refractivity contribution in [1.29, 1.82) is 5.26 Å². The van der Waals surface area contributed by atoms with Crippen LogP contribution in [0.3, 0.4) is 0 Å². The fourth-order valence-corrected chi connectivity index (χ4v) is 5.84. The number of methoxy groups -OCH3 is 1. The predicted molar refractivity (Wildman–Crippen MR) is 135 cm³/mol. The number of carbonyl (C=O) groups is 1. The van der Waals surface area contributed by atoms with Crippen molar-refractivity contribution in [2.75, 3.05) is 24.4 Å². The van der Waals surface area contributed by atoms with Crippen molar-refractivity contribution in [2.45, 2.75) is 31.7 Å². The highest BCUT2D eigenvalue weighted by Gasteiger charge is 2.34. The van der Waals surface area contributed by atoms with Crippen molar-refractivity contribution >= 4 is 38.1 Å². The number of amides is 1. The summed E-state index contributed by atoms with van der Waals surface area (Å²) in [5.74, 6) is -0.697. The van der Waals surface area contributed by atoms with E-state index < -0.39 is 15.9 Å². The van der Waals surface area contributed by atoms with Crippen LogP contribution in [0.15, 0.2) is 54.6 Å². The number of hydrogen-bond acceptors (Lipinski definition) is 8. The van der Waals surface area contributed by atoms with E-state index in [1.165, 1.54) is 18.4 Å². The summed E-state index contributed by atoms with van der Waals surface area (Å²) >= 11 is 1.41. The highest BCUT2D eigenvalue weighted by Crippen LogP contribution is 2.47. The number of aromatic nitrogens is 1. The van der Waals surface area contributed by atoms with Gasteiger partial charge in [-0.2, -0.15) is 5.26 Å². The smallest absolute Gasteiger partial charge is 0.284 e. The van der Waals surface area contributed by atoms with Crippen molar-refractivity contribution in [2.24, 2.45) is 0 Å². The van der Waals surface area contributed by atoms with Crippen molar-refractivity contribution < 1.29 is 17.9 Å². The standard InChI is InChI=1S/C25H26N4O4S2/c1-33-14-5-15-35(31,32)28-24(30)22-23(20-10-11-20)34-25(27-22)29(17-19-6-3-2-4-7-19)21-12-8-18(16-26)9-13-21/h2-4,6-9,12-13,20H,5,10-11,14-15,17H2,1H3,(H,28,30). The van der Waals surface area contributed by atoms with Crippen LogP contribution in [0.1, 0.15) is 51.7 Å². The number of ether oxygens (including phenoxy) is 1. The van der Waals surface area contributed by atoms with E-state index in [0.717, 1.165) is 29.0 Å². The van der Waals surface area contributed by atoms with Crippen LogP contribution in [0.25, 0.3) is 0 Å². The summed E-state index contributed by atoms with van der Waals surface area (Å²) in [6.07, 6.45) is 2.18. The molecule has 35 heavy (non-hydrogen) atoms. The van der Waals surface area contributed by atoms with E-state index in [1.807, 2.05) is 47.4 Å². The van der Waals surface area contributed by atoms with Crippen LogP contribution < -0.4 is 9.62 Å². The molecule has 0 radical (unpaired) electrons. The van der Waals surface area contributed by atoms with Crippen LogP contribution in [-0.2, 0) is 21.3 Å². The SMILES string of the molecule is COCCCS(=O)(=O)NC(=O)c1nc(N(Cc2ccccc2)c2ccc(C#N)cc2)sc1C1CC1. The van der Waals surface area contributed by atoms with Gasteiger partial charge in [0.15, 0.2) is 5.13 Å². The van der Waals surface area contributed by atoms with E-state index in [-0.39, 0.29) is 17.4 Å². The lowest BCUT2D eigenvalue weighted by atomic mass is 10.2. The molecule has 3 aromatic rings. The molecule has 1 aromatic heterocycles. The lowest BCUT2D eigenvalue weighted by molar-refractivity contribution is 0.0976. The number of nitrogens with one attached hydrogen (secondary N) is 1. The van der Waals surface area contributed by atoms with Gasteiger partial charge in [-0.1, -0.05) is 30.3 Å². The highest BCUT2D eigenvalue weighted by atomic mass is 32.2. The molecule has 2 aromatic carbocycles. The Kier molecular flexibility index (Phi) is 7.80. The predicted octanol–water partition coefficient (Wildman–Crippen LogP) is 4.33. The number of nitriles is 1. The molecule has 4 rings (SSSR count). The molecular formula is C25H26N4O4S2. The second-order valence-corrected chi connectivity index (χ2v) is 11.2. The molecule has 1 fully saturated rings. The molecule has 1 saturated carbocycles. The Morgan fingerprint density at radius 3 is 2.54 bits per heavy atom. The lowest BCUT2D eigenvalue weighted by Gasteiger charge is -2.22. The van der Waals surface area contributed by atoms with Gasteiger partial charge in [-0.25, -0.2) is 18.1 Å². The molecule has 0 bridgehead atoms. The van der Waals surface area contributed by atoms with Gasteiger partial charge in [0.2, 0.25) is 10.0 Å². The largest absolute Gasteiger partial charge is 0.385 e. The van der Waals surface area contributed by atoms with Crippen molar-refractivity contribution in [3.63, 3.8) is 0 Å². The van der Waals surface area contributed by atoms with Gasteiger partial charge < -0.3 is 9.64 Å². The average molecular weight is 511 g/mol. The zero-order chi connectivity index (χ0) is 24.8. The second kappa shape index (κ2) is 11.0. The van der Waals surface area contributed by atoms with E-state index in [9.17, 15) is 18.5 Å². The van der Waals surface area contributed by atoms with Crippen LogP contribution in [0, 0.1) is 11.3 Å². The number of nitrogens with zero attached hydrogens (tertiary/aromatic N) is 3. The van der Waals surface area contributed by atoms with E-state index >= 15 is 0 Å². The van der Waals surface area contributed by atoms with Gasteiger partial charge in [0, 0.05) is 24.3 Å². The molecular weight excluding hydrogens is 484 g/mol. The summed E-state index contributed by atoms with van der Waals surface area (Å²) in [5.41, 5.74) is 2.58. The molecule has 0 atom stereocenters. The Labute approximate surface area is 209 Å². The number of carbonyl (C=O) groups excluding carboxylic acids is 1. The number of sulfonamides is 1. The van der Waals surface area contributed by atoms with Gasteiger partial charge in [0.1, 0.15) is 5.69 Å². The number of thiazole rings is 1. The lowest BCUT2D eigenvalue weighted by Crippen LogP contribution is -2.33. The molecule has 1 aliphatic carbocycles. The van der Waals surface area contributed by atoms with Gasteiger partial charge in [-0.15, -0.1) is 11.3 Å². The van der Waals surface area contributed by atoms with Crippen LogP contribution in [-0.4, -0.2) is 38.8 Å². The highest BCUT2D eigenvalue weighted by molar-refractivity contribution is 7.90. The molecule has 182 valence electrons. The molecule has 1 amide bonds. The van der Waals surface area contributed by atoms with Gasteiger partial charge in [0.05, 0.1) is 23.9 Å². The van der Waals surface area contributed by atoms with E-state index in [4.69, 9.17) is 4.74 Å². The van der Waals surface area contributed by atoms with E-state index in [2.05, 4.69) is 15.8 Å². The third kappa shape index (κ3) is 6.45. The minimum Gasteiger partial charge on any atom is -0.385 e. The summed E-state index contributed by atoms with van der Waals surface area (Å²) in [4.78, 5) is 20.5. The Balaban J connectivity index is 1.66. The Morgan fingerprint density at radius 2 is 1.91 bits per heavy atom. The molecule has 8 nitrogen and oxygen atoms in total. The quantitative estimate of drug-likeness (QED) is 0.382. The Morgan fingerprint density at radius 1 is 1.20 bits per heavy atom. The zero-order valence-corrected chi connectivity index (χ0v) is 20.9. The maximum Gasteiger partial charge on any atom is 0.284 e. The van der Waals surface area contributed by atoms with Crippen LogP contribution in [0.5, 0.6) is 0 Å². The summed E-state index contributed by atoms with van der Waals surface area (Å²) in [7, 11) is -2.30. The molecule has 1 N–H and O–H groups in total. The summed E-state index contributed by atoms with van der Waals surface area (Å²) in [6.45, 7) is 0.795. The first-order chi connectivity index (χ1) is 16.9. The van der Waals surface area contributed by atoms with Crippen LogP contribution >= 0.6 is 11.3 Å². The topological polar surface area (TPSA) is 112 Å². The van der Waals surface area contributed by atoms with Crippen molar-refractivity contribution in [3.05, 3.63) is 76.3 Å². The Bertz CT molecular complexity index is 1310. The Hall–Kier alpha value is -3.26. The van der Waals surface area contributed by atoms with Gasteiger partial charge in [-0.3, -0.25) is 4.79 Å². The first-order valence-corrected chi connectivity index (χ1v) is 13.7. The maximum atomic E-state index is 13.0. The fraction of sp³-hybridized carbons (Fsp3) is 0.320. The van der Waals surface area contributed by atoms with Crippen LogP contribution in [0.2, 0.25) is 0 Å². The number of anilines is 2. The number of benzene rings is 2. The van der Waals surface area contributed by atoms with Crippen LogP contribution in [0.4, 0.5) is 10.8 Å². The third-order valence-electron chi connectivity index (χ3n) is 5.54. The first-order valence-electron chi connectivity index (χ1n) is 11.3. The molecule has 0 aliphatic heterocycles. The molecule has 1 aliphatic rings. The van der Waals surface area contributed by atoms with Crippen molar-refractivity contribution in [3.8, 4) is 6.07 Å². The normalized spacial score (nSPS) is 13.3. The number of rotatable bonds is 11. The van der Waals surface area contributed by atoms with Crippen molar-refractivity contribution in [1.82, 2.24) is 9.71 Å². The minimum atomic E-state index is -3.80.